The van der Waals surface area contributed by atoms with E-state index in [4.69, 9.17) is 0 Å². The van der Waals surface area contributed by atoms with Crippen molar-refractivity contribution >= 4 is 35.3 Å². The lowest BCUT2D eigenvalue weighted by Crippen LogP contribution is -2.51. The van der Waals surface area contributed by atoms with Gasteiger partial charge in [0.2, 0.25) is 5.91 Å². The lowest BCUT2D eigenvalue weighted by atomic mass is 10.0. The highest BCUT2D eigenvalue weighted by molar-refractivity contribution is 7.10. The van der Waals surface area contributed by atoms with Gasteiger partial charge in [-0.25, -0.2) is 4.79 Å². The molecule has 152 valence electrons. The minimum atomic E-state index is -1.19. The van der Waals surface area contributed by atoms with E-state index in [1.165, 1.54) is 22.3 Å². The molecule has 7 nitrogen and oxygen atoms in total. The third-order valence-corrected chi connectivity index (χ3v) is 5.76. The second-order valence-electron chi connectivity index (χ2n) is 6.86. The summed E-state index contributed by atoms with van der Waals surface area (Å²) in [6.07, 6.45) is 2.34. The monoisotopic (exact) mass is 414 g/mol. The number of carbonyl (C=O) groups excluding carboxylic acids is 1. The van der Waals surface area contributed by atoms with Gasteiger partial charge in [0, 0.05) is 4.88 Å². The highest BCUT2D eigenvalue weighted by Gasteiger charge is 2.33. The van der Waals surface area contributed by atoms with Crippen LogP contribution >= 0.6 is 11.3 Å². The van der Waals surface area contributed by atoms with Crippen LogP contribution in [0.5, 0.6) is 0 Å². The number of carboxylic acid groups (broad SMARTS) is 2. The molecule has 2 aromatic rings. The summed E-state index contributed by atoms with van der Waals surface area (Å²) in [5.41, 5.74) is 1.70. The molecule has 3 N–H and O–H groups in total. The molecule has 3 rings (SSSR count). The third kappa shape index (κ3) is 4.90. The molecule has 2 atom stereocenters. The maximum Gasteiger partial charge on any atom is 0.352 e. The van der Waals surface area contributed by atoms with Gasteiger partial charge in [0.15, 0.2) is 0 Å². The smallest absolute Gasteiger partial charge is 0.352 e. The Morgan fingerprint density at radius 2 is 1.90 bits per heavy atom. The van der Waals surface area contributed by atoms with Gasteiger partial charge in [-0.2, -0.15) is 0 Å². The van der Waals surface area contributed by atoms with Crippen molar-refractivity contribution in [1.82, 2.24) is 10.2 Å². The van der Waals surface area contributed by atoms with Gasteiger partial charge >= 0.3 is 11.9 Å². The summed E-state index contributed by atoms with van der Waals surface area (Å²) < 4.78 is 0. The van der Waals surface area contributed by atoms with E-state index in [2.05, 4.69) is 5.32 Å². The Bertz CT molecular complexity index is 938. The number of aryl methyl sites for hydroxylation is 1. The predicted octanol–water partition coefficient (Wildman–Crippen LogP) is 2.58. The van der Waals surface area contributed by atoms with Gasteiger partial charge in [-0.3, -0.25) is 19.8 Å². The molecule has 2 heterocycles. The van der Waals surface area contributed by atoms with Crippen LogP contribution in [0.15, 0.2) is 47.5 Å². The molecule has 1 aliphatic heterocycles. The normalized spacial score (nSPS) is 15.2. The Kier molecular flexibility index (Phi) is 6.46. The van der Waals surface area contributed by atoms with Crippen LogP contribution in [0.4, 0.5) is 0 Å². The summed E-state index contributed by atoms with van der Waals surface area (Å²) in [7, 11) is 0. The van der Waals surface area contributed by atoms with Gasteiger partial charge in [-0.05, 0) is 48.4 Å². The summed E-state index contributed by atoms with van der Waals surface area (Å²) in [5.74, 6) is -2.71. The molecule has 0 radical (unpaired) electrons. The predicted molar refractivity (Wildman–Crippen MR) is 109 cm³/mol. The fourth-order valence-electron chi connectivity index (χ4n) is 3.28. The summed E-state index contributed by atoms with van der Waals surface area (Å²) in [6.45, 7) is 1.72. The minimum Gasteiger partial charge on any atom is -0.480 e. The summed E-state index contributed by atoms with van der Waals surface area (Å²) in [6, 6.07) is 9.55. The van der Waals surface area contributed by atoms with E-state index in [1.54, 1.807) is 6.92 Å². The van der Waals surface area contributed by atoms with Crippen molar-refractivity contribution in [3.63, 3.8) is 0 Å². The van der Waals surface area contributed by atoms with Gasteiger partial charge in [-0.15, -0.1) is 11.3 Å². The summed E-state index contributed by atoms with van der Waals surface area (Å²) in [4.78, 5) is 38.4. The first-order chi connectivity index (χ1) is 13.9. The SMILES string of the molecule is C[C@H](NC(CCc1ccccc1)C(=O)O)C(=O)N1Cc2sccc2C=C1C(=O)O. The number of hydrogen-bond donors (Lipinski definition) is 3. The van der Waals surface area contributed by atoms with Crippen molar-refractivity contribution in [2.24, 2.45) is 0 Å². The summed E-state index contributed by atoms with van der Waals surface area (Å²) >= 11 is 1.45. The zero-order chi connectivity index (χ0) is 21.0. The molecule has 1 unspecified atom stereocenters. The first-order valence-corrected chi connectivity index (χ1v) is 10.1. The fraction of sp³-hybridized carbons (Fsp3) is 0.286. The molecule has 0 saturated carbocycles. The second kappa shape index (κ2) is 9.02. The Morgan fingerprint density at radius 1 is 1.17 bits per heavy atom. The number of benzene rings is 1. The molecule has 1 amide bonds. The number of nitrogens with zero attached hydrogens (tertiary/aromatic N) is 1. The van der Waals surface area contributed by atoms with E-state index in [0.29, 0.717) is 12.8 Å². The average Bonchev–Trinajstić information content (AvgIpc) is 3.17. The first kappa shape index (κ1) is 20.8. The Morgan fingerprint density at radius 3 is 2.55 bits per heavy atom. The molecule has 0 aliphatic carbocycles. The average molecular weight is 414 g/mol. The molecular formula is C21H22N2O5S. The number of nitrogens with one attached hydrogen (secondary N) is 1. The molecule has 1 aliphatic rings. The Hall–Kier alpha value is -2.97. The van der Waals surface area contributed by atoms with E-state index < -0.39 is 29.9 Å². The second-order valence-corrected chi connectivity index (χ2v) is 7.86. The van der Waals surface area contributed by atoms with Gasteiger partial charge < -0.3 is 10.2 Å². The van der Waals surface area contributed by atoms with Crippen LogP contribution in [0.3, 0.4) is 0 Å². The topological polar surface area (TPSA) is 107 Å². The quantitative estimate of drug-likeness (QED) is 0.613. The number of aliphatic carboxylic acids is 2. The maximum absolute atomic E-state index is 12.9. The fourth-order valence-corrected chi connectivity index (χ4v) is 4.12. The molecule has 1 aromatic carbocycles. The van der Waals surface area contributed by atoms with Crippen molar-refractivity contribution in [1.29, 1.82) is 0 Å². The molecule has 0 bridgehead atoms. The summed E-state index contributed by atoms with van der Waals surface area (Å²) in [5, 5.41) is 23.8. The van der Waals surface area contributed by atoms with Crippen molar-refractivity contribution in [3.05, 3.63) is 63.5 Å². The van der Waals surface area contributed by atoms with Crippen molar-refractivity contribution in [2.45, 2.75) is 38.4 Å². The largest absolute Gasteiger partial charge is 0.480 e. The molecule has 1 aromatic heterocycles. The maximum atomic E-state index is 12.9. The van der Waals surface area contributed by atoms with Crippen LogP contribution in [0.1, 0.15) is 29.3 Å². The van der Waals surface area contributed by atoms with Gasteiger partial charge in [0.1, 0.15) is 11.7 Å². The van der Waals surface area contributed by atoms with Crippen LogP contribution in [0.25, 0.3) is 6.08 Å². The number of carbonyl (C=O) groups is 3. The minimum absolute atomic E-state index is 0.106. The lowest BCUT2D eigenvalue weighted by Gasteiger charge is -2.30. The zero-order valence-corrected chi connectivity index (χ0v) is 16.7. The van der Waals surface area contributed by atoms with Gasteiger partial charge in [-0.1, -0.05) is 30.3 Å². The number of fused-ring (bicyclic) bond motifs is 1. The third-order valence-electron chi connectivity index (χ3n) is 4.83. The van der Waals surface area contributed by atoms with Crippen molar-refractivity contribution < 1.29 is 24.6 Å². The standard InChI is InChI=1S/C21H22N2O5S/c1-13(22-16(20(25)26)8-7-14-5-3-2-4-6-14)19(24)23-12-18-15(9-10-29-18)11-17(23)21(27)28/h2-6,9-11,13,16,22H,7-8,12H2,1H3,(H,25,26)(H,27,28)/t13-,16?/m0/s1. The van der Waals surface area contributed by atoms with E-state index >= 15 is 0 Å². The molecule has 0 fully saturated rings. The lowest BCUT2D eigenvalue weighted by molar-refractivity contribution is -0.143. The van der Waals surface area contributed by atoms with Crippen LogP contribution in [0.2, 0.25) is 0 Å². The number of thiophene rings is 1. The van der Waals surface area contributed by atoms with Gasteiger partial charge in [0.05, 0.1) is 12.6 Å². The molecule has 0 saturated heterocycles. The van der Waals surface area contributed by atoms with Crippen LogP contribution < -0.4 is 5.32 Å². The van der Waals surface area contributed by atoms with E-state index in [0.717, 1.165) is 16.0 Å². The van der Waals surface area contributed by atoms with E-state index in [1.807, 2.05) is 41.8 Å². The highest BCUT2D eigenvalue weighted by Crippen LogP contribution is 2.29. The van der Waals surface area contributed by atoms with Gasteiger partial charge in [0.25, 0.3) is 0 Å². The Balaban J connectivity index is 1.69. The molecular weight excluding hydrogens is 392 g/mol. The number of rotatable bonds is 8. The van der Waals surface area contributed by atoms with Crippen molar-refractivity contribution in [3.8, 4) is 0 Å². The number of carboxylic acids is 2. The first-order valence-electron chi connectivity index (χ1n) is 9.22. The number of hydrogen-bond acceptors (Lipinski definition) is 5. The van der Waals surface area contributed by atoms with E-state index in [9.17, 15) is 24.6 Å². The highest BCUT2D eigenvalue weighted by atomic mass is 32.1. The van der Waals surface area contributed by atoms with Crippen LogP contribution in [-0.2, 0) is 27.3 Å². The zero-order valence-electron chi connectivity index (χ0n) is 15.9. The van der Waals surface area contributed by atoms with Crippen LogP contribution in [0, 0.1) is 0 Å². The number of amides is 1. The molecule has 29 heavy (non-hydrogen) atoms. The van der Waals surface area contributed by atoms with Crippen LogP contribution in [-0.4, -0.2) is 45.0 Å². The van der Waals surface area contributed by atoms with E-state index in [-0.39, 0.29) is 12.2 Å². The Labute approximate surface area is 172 Å². The molecule has 8 heteroatoms. The molecule has 0 spiro atoms. The van der Waals surface area contributed by atoms with Crippen molar-refractivity contribution in [2.75, 3.05) is 0 Å².